The number of nitriles is 1. The molecular formula is C6H2BrIN2. The summed E-state index contributed by atoms with van der Waals surface area (Å²) in [5.41, 5.74) is 0.451. The van der Waals surface area contributed by atoms with E-state index in [0.717, 1.165) is 8.17 Å². The third-order valence-corrected chi connectivity index (χ3v) is 3.12. The van der Waals surface area contributed by atoms with E-state index in [0.29, 0.717) is 5.69 Å². The summed E-state index contributed by atoms with van der Waals surface area (Å²) >= 11 is 5.34. The van der Waals surface area contributed by atoms with Crippen molar-refractivity contribution in [2.45, 2.75) is 0 Å². The van der Waals surface area contributed by atoms with Gasteiger partial charge in [-0.3, -0.25) is 0 Å². The summed E-state index contributed by atoms with van der Waals surface area (Å²) in [6, 6.07) is 5.44. The van der Waals surface area contributed by atoms with Crippen LogP contribution in [0.15, 0.2) is 16.6 Å². The summed E-state index contributed by atoms with van der Waals surface area (Å²) < 4.78 is 1.74. The first-order valence-electron chi connectivity index (χ1n) is 2.46. The molecule has 1 rings (SSSR count). The SMILES string of the molecule is N#Cc1ccc(Br)c(I)n1. The van der Waals surface area contributed by atoms with Crippen LogP contribution < -0.4 is 0 Å². The van der Waals surface area contributed by atoms with E-state index in [1.807, 2.05) is 12.1 Å². The lowest BCUT2D eigenvalue weighted by atomic mass is 10.4. The Morgan fingerprint density at radius 1 is 1.60 bits per heavy atom. The number of halogens is 2. The molecule has 0 N–H and O–H groups in total. The van der Waals surface area contributed by atoms with Crippen LogP contribution in [0.3, 0.4) is 0 Å². The van der Waals surface area contributed by atoms with E-state index in [2.05, 4.69) is 43.5 Å². The fraction of sp³-hybridized carbons (Fsp3) is 0. The molecule has 4 heteroatoms. The van der Waals surface area contributed by atoms with Gasteiger partial charge < -0.3 is 0 Å². The van der Waals surface area contributed by atoms with Gasteiger partial charge in [0.05, 0.1) is 0 Å². The smallest absolute Gasteiger partial charge is 0.141 e. The van der Waals surface area contributed by atoms with Crippen LogP contribution in [-0.4, -0.2) is 4.98 Å². The van der Waals surface area contributed by atoms with Gasteiger partial charge in [-0.25, -0.2) is 4.98 Å². The molecule has 0 atom stereocenters. The van der Waals surface area contributed by atoms with Crippen LogP contribution in [0.4, 0.5) is 0 Å². The first kappa shape index (κ1) is 7.95. The highest BCUT2D eigenvalue weighted by atomic mass is 127. The second kappa shape index (κ2) is 3.30. The van der Waals surface area contributed by atoms with Crippen molar-refractivity contribution in [2.75, 3.05) is 0 Å². The minimum Gasteiger partial charge on any atom is -0.230 e. The molecule has 0 radical (unpaired) electrons. The Hall–Kier alpha value is -0.150. The predicted molar refractivity (Wildman–Crippen MR) is 49.4 cm³/mol. The number of aromatic nitrogens is 1. The van der Waals surface area contributed by atoms with Crippen molar-refractivity contribution in [1.82, 2.24) is 4.98 Å². The van der Waals surface area contributed by atoms with Gasteiger partial charge in [0.25, 0.3) is 0 Å². The maximum absolute atomic E-state index is 8.42. The largest absolute Gasteiger partial charge is 0.230 e. The maximum atomic E-state index is 8.42. The van der Waals surface area contributed by atoms with E-state index in [1.165, 1.54) is 0 Å². The van der Waals surface area contributed by atoms with Crippen molar-refractivity contribution in [3.8, 4) is 6.07 Å². The van der Waals surface area contributed by atoms with Crippen molar-refractivity contribution in [2.24, 2.45) is 0 Å². The summed E-state index contributed by atoms with van der Waals surface area (Å²) in [4.78, 5) is 3.97. The summed E-state index contributed by atoms with van der Waals surface area (Å²) in [6.45, 7) is 0. The Balaban J connectivity index is 3.20. The number of hydrogen-bond acceptors (Lipinski definition) is 2. The van der Waals surface area contributed by atoms with Crippen molar-refractivity contribution in [3.63, 3.8) is 0 Å². The standard InChI is InChI=1S/C6H2BrIN2/c7-5-2-1-4(3-9)10-6(5)8/h1-2H. The van der Waals surface area contributed by atoms with Crippen LogP contribution in [0.2, 0.25) is 0 Å². The van der Waals surface area contributed by atoms with Crippen LogP contribution in [0.5, 0.6) is 0 Å². The molecule has 10 heavy (non-hydrogen) atoms. The van der Waals surface area contributed by atoms with Gasteiger partial charge in [0, 0.05) is 4.47 Å². The quantitative estimate of drug-likeness (QED) is 0.545. The first-order valence-corrected chi connectivity index (χ1v) is 4.33. The third kappa shape index (κ3) is 1.67. The van der Waals surface area contributed by atoms with Crippen molar-refractivity contribution in [1.29, 1.82) is 5.26 Å². The lowest BCUT2D eigenvalue weighted by Gasteiger charge is -1.92. The normalized spacial score (nSPS) is 8.90. The lowest BCUT2D eigenvalue weighted by Crippen LogP contribution is -1.85. The van der Waals surface area contributed by atoms with Crippen LogP contribution in [-0.2, 0) is 0 Å². The second-order valence-corrected chi connectivity index (χ2v) is 3.46. The summed E-state index contributed by atoms with van der Waals surface area (Å²) in [5.74, 6) is 0. The van der Waals surface area contributed by atoms with Crippen LogP contribution >= 0.6 is 38.5 Å². The van der Waals surface area contributed by atoms with Crippen LogP contribution in [0, 0.1) is 15.0 Å². The van der Waals surface area contributed by atoms with Crippen molar-refractivity contribution >= 4 is 38.5 Å². The molecule has 0 unspecified atom stereocenters. The molecule has 0 aliphatic carbocycles. The van der Waals surface area contributed by atoms with Crippen molar-refractivity contribution < 1.29 is 0 Å². The van der Waals surface area contributed by atoms with E-state index in [9.17, 15) is 0 Å². The molecule has 1 heterocycles. The van der Waals surface area contributed by atoms with E-state index >= 15 is 0 Å². The van der Waals surface area contributed by atoms with Gasteiger partial charge >= 0.3 is 0 Å². The molecule has 0 saturated carbocycles. The summed E-state index contributed by atoms with van der Waals surface area (Å²) in [7, 11) is 0. The highest BCUT2D eigenvalue weighted by Gasteiger charge is 1.97. The monoisotopic (exact) mass is 308 g/mol. The van der Waals surface area contributed by atoms with Gasteiger partial charge in [-0.1, -0.05) is 0 Å². The van der Waals surface area contributed by atoms with E-state index in [-0.39, 0.29) is 0 Å². The zero-order chi connectivity index (χ0) is 7.56. The Labute approximate surface area is 80.5 Å². The minimum absolute atomic E-state index is 0.451. The van der Waals surface area contributed by atoms with Crippen LogP contribution in [0.1, 0.15) is 5.69 Å². The molecule has 0 fully saturated rings. The topological polar surface area (TPSA) is 36.7 Å². The molecule has 0 aliphatic rings. The highest BCUT2D eigenvalue weighted by molar-refractivity contribution is 14.1. The lowest BCUT2D eigenvalue weighted by molar-refractivity contribution is 1.20. The van der Waals surface area contributed by atoms with E-state index in [4.69, 9.17) is 5.26 Å². The Kier molecular flexibility index (Phi) is 2.63. The number of rotatable bonds is 0. The second-order valence-electron chi connectivity index (χ2n) is 1.58. The summed E-state index contributed by atoms with van der Waals surface area (Å²) in [6.07, 6.45) is 0. The van der Waals surface area contributed by atoms with E-state index in [1.54, 1.807) is 6.07 Å². The predicted octanol–water partition coefficient (Wildman–Crippen LogP) is 2.32. The van der Waals surface area contributed by atoms with Crippen LogP contribution in [0.25, 0.3) is 0 Å². The molecule has 0 saturated heterocycles. The zero-order valence-electron chi connectivity index (χ0n) is 4.81. The number of pyridine rings is 1. The molecule has 0 spiro atoms. The van der Waals surface area contributed by atoms with Gasteiger partial charge in [0.2, 0.25) is 0 Å². The molecule has 2 nitrogen and oxygen atoms in total. The molecular weight excluding hydrogens is 307 g/mol. The van der Waals surface area contributed by atoms with E-state index < -0.39 is 0 Å². The Bertz CT molecular complexity index is 292. The average molecular weight is 309 g/mol. The highest BCUT2D eigenvalue weighted by Crippen LogP contribution is 2.16. The van der Waals surface area contributed by atoms with Gasteiger partial charge in [0.15, 0.2) is 0 Å². The average Bonchev–Trinajstić information content (AvgIpc) is 1.95. The zero-order valence-corrected chi connectivity index (χ0v) is 8.55. The Morgan fingerprint density at radius 3 is 2.80 bits per heavy atom. The number of hydrogen-bond donors (Lipinski definition) is 0. The van der Waals surface area contributed by atoms with Gasteiger partial charge in [0.1, 0.15) is 15.5 Å². The third-order valence-electron chi connectivity index (χ3n) is 0.918. The molecule has 1 aromatic rings. The van der Waals surface area contributed by atoms with Gasteiger partial charge in [-0.15, -0.1) is 0 Å². The molecule has 0 bridgehead atoms. The molecule has 1 aromatic heterocycles. The maximum Gasteiger partial charge on any atom is 0.141 e. The molecule has 0 aliphatic heterocycles. The summed E-state index contributed by atoms with van der Waals surface area (Å²) in [5, 5.41) is 8.42. The first-order chi connectivity index (χ1) is 4.74. The minimum atomic E-state index is 0.451. The Morgan fingerprint density at radius 2 is 2.30 bits per heavy atom. The fourth-order valence-electron chi connectivity index (χ4n) is 0.480. The molecule has 0 amide bonds. The fourth-order valence-corrected chi connectivity index (χ4v) is 1.14. The number of nitrogens with zero attached hydrogens (tertiary/aromatic N) is 2. The van der Waals surface area contributed by atoms with Gasteiger partial charge in [-0.05, 0) is 50.7 Å². The molecule has 0 aromatic carbocycles. The van der Waals surface area contributed by atoms with Gasteiger partial charge in [-0.2, -0.15) is 5.26 Å². The van der Waals surface area contributed by atoms with Crippen molar-refractivity contribution in [3.05, 3.63) is 26.0 Å². The molecule has 50 valence electrons.